The topological polar surface area (TPSA) is 44.5 Å². The van der Waals surface area contributed by atoms with Gasteiger partial charge in [0.25, 0.3) is 0 Å². The van der Waals surface area contributed by atoms with Gasteiger partial charge in [-0.05, 0) is 12.1 Å². The Kier molecular flexibility index (Phi) is 4.29. The second-order valence-electron chi connectivity index (χ2n) is 2.11. The third kappa shape index (κ3) is 2.20. The third-order valence-electron chi connectivity index (χ3n) is 1.44. The van der Waals surface area contributed by atoms with Crippen LogP contribution in [0.25, 0.3) is 0 Å². The number of nitrogens with two attached hydrogens (primary N) is 1. The van der Waals surface area contributed by atoms with Gasteiger partial charge in [-0.2, -0.15) is 0 Å². The smallest absolute Gasteiger partial charge is 0.142 e. The molecule has 0 radical (unpaired) electrons. The van der Waals surface area contributed by atoms with Gasteiger partial charge in [0.05, 0.1) is 19.9 Å². The van der Waals surface area contributed by atoms with Crippen LogP contribution in [0.1, 0.15) is 0 Å². The molecule has 0 fully saturated rings. The van der Waals surface area contributed by atoms with Crippen molar-refractivity contribution in [3.05, 3.63) is 18.2 Å². The number of hydrogen-bond donors (Lipinski definition) is 1. The predicted octanol–water partition coefficient (Wildman–Crippen LogP) is -1.71. The molecule has 1 aromatic rings. The highest BCUT2D eigenvalue weighted by Crippen LogP contribution is 2.25. The number of hydrogen-bond acceptors (Lipinski definition) is 3. The van der Waals surface area contributed by atoms with E-state index in [0.717, 1.165) is 5.75 Å². The molecule has 68 valence electrons. The average Bonchev–Trinajstić information content (AvgIpc) is 2.04. The van der Waals surface area contributed by atoms with Crippen LogP contribution in [0, 0.1) is 0 Å². The van der Waals surface area contributed by atoms with Gasteiger partial charge in [-0.3, -0.25) is 0 Å². The minimum absolute atomic E-state index is 0. The Labute approximate surface area is 77.9 Å². The molecule has 1 aromatic carbocycles. The summed E-state index contributed by atoms with van der Waals surface area (Å²) in [5.74, 6) is 1.41. The lowest BCUT2D eigenvalue weighted by atomic mass is 10.3. The minimum Gasteiger partial charge on any atom is -1.00 e. The van der Waals surface area contributed by atoms with E-state index in [1.54, 1.807) is 32.4 Å². The Morgan fingerprint density at radius 2 is 1.83 bits per heavy atom. The first kappa shape index (κ1) is 10.9. The van der Waals surface area contributed by atoms with E-state index in [0.29, 0.717) is 11.4 Å². The van der Waals surface area contributed by atoms with E-state index in [2.05, 4.69) is 0 Å². The number of anilines is 1. The fourth-order valence-corrected chi connectivity index (χ4v) is 0.839. The van der Waals surface area contributed by atoms with Gasteiger partial charge in [0.2, 0.25) is 0 Å². The summed E-state index contributed by atoms with van der Waals surface area (Å²) >= 11 is 0. The van der Waals surface area contributed by atoms with Gasteiger partial charge in [0.1, 0.15) is 11.5 Å². The van der Waals surface area contributed by atoms with E-state index >= 15 is 0 Å². The molecule has 0 atom stereocenters. The van der Waals surface area contributed by atoms with Gasteiger partial charge < -0.3 is 27.6 Å². The highest BCUT2D eigenvalue weighted by molar-refractivity contribution is 5.55. The summed E-state index contributed by atoms with van der Waals surface area (Å²) in [6.07, 6.45) is 0. The molecule has 0 bridgehead atoms. The quantitative estimate of drug-likeness (QED) is 0.563. The molecule has 0 heterocycles. The third-order valence-corrected chi connectivity index (χ3v) is 1.44. The van der Waals surface area contributed by atoms with Crippen molar-refractivity contribution in [3.8, 4) is 11.5 Å². The van der Waals surface area contributed by atoms with Crippen molar-refractivity contribution >= 4 is 5.69 Å². The van der Waals surface area contributed by atoms with Crippen molar-refractivity contribution in [2.75, 3.05) is 20.0 Å². The van der Waals surface area contributed by atoms with Gasteiger partial charge in [0, 0.05) is 6.07 Å². The summed E-state index contributed by atoms with van der Waals surface area (Å²) in [4.78, 5) is 0. The van der Waals surface area contributed by atoms with Gasteiger partial charge in [-0.25, -0.2) is 0 Å². The zero-order chi connectivity index (χ0) is 8.27. The number of nitrogen functional groups attached to an aromatic ring is 1. The average molecular weight is 189 g/mol. The normalized spacial score (nSPS) is 8.50. The van der Waals surface area contributed by atoms with E-state index in [9.17, 15) is 0 Å². The van der Waals surface area contributed by atoms with Gasteiger partial charge in [0.15, 0.2) is 0 Å². The molecule has 0 saturated heterocycles. The molecular formula is C8H11ClNO2-. The van der Waals surface area contributed by atoms with Crippen LogP contribution in [0.3, 0.4) is 0 Å². The molecule has 0 amide bonds. The molecule has 2 N–H and O–H groups in total. The van der Waals surface area contributed by atoms with Gasteiger partial charge >= 0.3 is 0 Å². The Bertz CT molecular complexity index is 253. The van der Waals surface area contributed by atoms with E-state index in [-0.39, 0.29) is 12.4 Å². The first-order valence-electron chi connectivity index (χ1n) is 3.25. The lowest BCUT2D eigenvalue weighted by molar-refractivity contribution is -0.00000291. The lowest BCUT2D eigenvalue weighted by Gasteiger charge is -2.05. The number of halogens is 1. The van der Waals surface area contributed by atoms with Gasteiger partial charge in [-0.1, -0.05) is 0 Å². The maximum atomic E-state index is 5.60. The second-order valence-corrected chi connectivity index (χ2v) is 2.11. The highest BCUT2D eigenvalue weighted by Gasteiger charge is 1.98. The molecular weight excluding hydrogens is 178 g/mol. The van der Waals surface area contributed by atoms with Crippen LogP contribution in [-0.2, 0) is 0 Å². The maximum Gasteiger partial charge on any atom is 0.142 e. The fourth-order valence-electron chi connectivity index (χ4n) is 0.839. The minimum atomic E-state index is 0. The van der Waals surface area contributed by atoms with Crippen molar-refractivity contribution in [2.45, 2.75) is 0 Å². The number of ether oxygens (including phenoxy) is 2. The number of rotatable bonds is 2. The monoisotopic (exact) mass is 188 g/mol. The molecule has 0 saturated carbocycles. The zero-order valence-electron chi connectivity index (χ0n) is 7.00. The summed E-state index contributed by atoms with van der Waals surface area (Å²) in [6.45, 7) is 0. The summed E-state index contributed by atoms with van der Waals surface area (Å²) < 4.78 is 9.92. The van der Waals surface area contributed by atoms with E-state index in [1.807, 2.05) is 0 Å². The summed E-state index contributed by atoms with van der Waals surface area (Å²) in [6, 6.07) is 5.29. The molecule has 12 heavy (non-hydrogen) atoms. The standard InChI is InChI=1S/C8H11NO2.ClH/c1-10-6-3-4-8(11-2)7(9)5-6;/h3-5H,9H2,1-2H3;1H/p-1. The second kappa shape index (κ2) is 4.72. The molecule has 1 rings (SSSR count). The van der Waals surface area contributed by atoms with Crippen molar-refractivity contribution in [1.82, 2.24) is 0 Å². The highest BCUT2D eigenvalue weighted by atomic mass is 35.5. The van der Waals surface area contributed by atoms with E-state index in [1.165, 1.54) is 0 Å². The Balaban J connectivity index is 0.00000121. The maximum absolute atomic E-state index is 5.60. The molecule has 0 aromatic heterocycles. The lowest BCUT2D eigenvalue weighted by Crippen LogP contribution is -3.00. The van der Waals surface area contributed by atoms with Crippen LogP contribution >= 0.6 is 0 Å². The van der Waals surface area contributed by atoms with E-state index < -0.39 is 0 Å². The first-order chi connectivity index (χ1) is 5.27. The number of benzene rings is 1. The zero-order valence-corrected chi connectivity index (χ0v) is 7.76. The van der Waals surface area contributed by atoms with Gasteiger partial charge in [-0.15, -0.1) is 0 Å². The molecule has 0 unspecified atom stereocenters. The van der Waals surface area contributed by atoms with Crippen LogP contribution in [0.4, 0.5) is 5.69 Å². The van der Waals surface area contributed by atoms with Crippen molar-refractivity contribution < 1.29 is 21.9 Å². The van der Waals surface area contributed by atoms with Crippen LogP contribution < -0.4 is 27.6 Å². The molecule has 4 heteroatoms. The summed E-state index contributed by atoms with van der Waals surface area (Å²) in [5.41, 5.74) is 6.19. The van der Waals surface area contributed by atoms with Crippen LogP contribution in [0.15, 0.2) is 18.2 Å². The molecule has 0 aliphatic rings. The Morgan fingerprint density at radius 3 is 2.25 bits per heavy atom. The van der Waals surface area contributed by atoms with E-state index in [4.69, 9.17) is 15.2 Å². The molecule has 3 nitrogen and oxygen atoms in total. The van der Waals surface area contributed by atoms with Crippen LogP contribution in [-0.4, -0.2) is 14.2 Å². The van der Waals surface area contributed by atoms with Crippen LogP contribution in [0.2, 0.25) is 0 Å². The first-order valence-corrected chi connectivity index (χ1v) is 3.25. The van der Waals surface area contributed by atoms with Crippen molar-refractivity contribution in [1.29, 1.82) is 0 Å². The molecule has 0 aliphatic carbocycles. The Morgan fingerprint density at radius 1 is 1.17 bits per heavy atom. The molecule has 0 spiro atoms. The van der Waals surface area contributed by atoms with Crippen molar-refractivity contribution in [3.63, 3.8) is 0 Å². The Hall–Kier alpha value is -1.09. The predicted molar refractivity (Wildman–Crippen MR) is 44.0 cm³/mol. The largest absolute Gasteiger partial charge is 1.00 e. The summed E-state index contributed by atoms with van der Waals surface area (Å²) in [5, 5.41) is 0. The van der Waals surface area contributed by atoms with Crippen LogP contribution in [0.5, 0.6) is 11.5 Å². The number of methoxy groups -OCH3 is 2. The SMILES string of the molecule is COc1ccc(OC)c(N)c1.[Cl-]. The summed E-state index contributed by atoms with van der Waals surface area (Å²) in [7, 11) is 3.18. The fraction of sp³-hybridized carbons (Fsp3) is 0.250. The molecule has 0 aliphatic heterocycles. The van der Waals surface area contributed by atoms with Crippen molar-refractivity contribution in [2.24, 2.45) is 0 Å².